The molecule has 1 N–H and O–H groups in total. The van der Waals surface area contributed by atoms with E-state index in [1.165, 1.54) is 11.3 Å². The highest BCUT2D eigenvalue weighted by atomic mass is 35.5. The molecule has 0 unspecified atom stereocenters. The van der Waals surface area contributed by atoms with Crippen LogP contribution in [0.4, 0.5) is 19.0 Å². The minimum Gasteiger partial charge on any atom is -0.361 e. The molecule has 1 saturated heterocycles. The number of rotatable bonds is 2. The lowest BCUT2D eigenvalue weighted by Crippen LogP contribution is -2.47. The van der Waals surface area contributed by atoms with E-state index in [2.05, 4.69) is 10.4 Å². The van der Waals surface area contributed by atoms with Crippen LogP contribution in [-0.4, -0.2) is 38.8 Å². The molecule has 4 atom stereocenters. The zero-order chi connectivity index (χ0) is 20.9. The quantitative estimate of drug-likeness (QED) is 0.647. The summed E-state index contributed by atoms with van der Waals surface area (Å²) in [5.74, 6) is -0.355. The zero-order valence-electron chi connectivity index (χ0n) is 16.0. The molecular formula is C19H22ClF3N4OS. The number of hydrogen-bond donors (Lipinski definition) is 1. The van der Waals surface area contributed by atoms with Crippen molar-refractivity contribution in [3.05, 3.63) is 33.1 Å². The lowest BCUT2D eigenvalue weighted by atomic mass is 9.97. The summed E-state index contributed by atoms with van der Waals surface area (Å²) in [4.78, 5) is 15.7. The van der Waals surface area contributed by atoms with E-state index in [9.17, 15) is 18.0 Å². The van der Waals surface area contributed by atoms with Gasteiger partial charge >= 0.3 is 6.18 Å². The van der Waals surface area contributed by atoms with Crippen molar-refractivity contribution in [1.29, 1.82) is 0 Å². The first-order chi connectivity index (χ1) is 13.7. The standard InChI is InChI=1S/C19H22ClF3N4OS/c1-10-5-3-6-11(2)26(10)18(28)16-15(20)17-24-12(13-7-4-8-29-13)9-14(19(21,22)23)27(17)25-16/h4,7-8,10-12,14,24H,3,5-6,9H2,1-2H3/t10-,11+,12-,14-/m0/s1. The van der Waals surface area contributed by atoms with E-state index in [0.717, 1.165) is 28.8 Å². The van der Waals surface area contributed by atoms with Crippen molar-refractivity contribution in [1.82, 2.24) is 14.7 Å². The number of amides is 1. The maximum Gasteiger partial charge on any atom is 0.410 e. The number of thiophene rings is 1. The van der Waals surface area contributed by atoms with Gasteiger partial charge in [0, 0.05) is 23.4 Å². The van der Waals surface area contributed by atoms with Crippen molar-refractivity contribution in [3.8, 4) is 0 Å². The molecule has 2 aliphatic heterocycles. The van der Waals surface area contributed by atoms with Crippen molar-refractivity contribution >= 4 is 34.7 Å². The van der Waals surface area contributed by atoms with Gasteiger partial charge in [0.05, 0.1) is 6.04 Å². The minimum absolute atomic E-state index is 0.00807. The number of nitrogens with zero attached hydrogens (tertiary/aromatic N) is 3. The second-order valence-electron chi connectivity index (χ2n) is 7.80. The van der Waals surface area contributed by atoms with Gasteiger partial charge in [-0.25, -0.2) is 4.68 Å². The van der Waals surface area contributed by atoms with Crippen LogP contribution in [0.5, 0.6) is 0 Å². The number of halogens is 4. The topological polar surface area (TPSA) is 50.2 Å². The molecule has 0 saturated carbocycles. The van der Waals surface area contributed by atoms with Gasteiger partial charge in [-0.2, -0.15) is 18.3 Å². The Bertz CT molecular complexity index is 888. The molecule has 1 amide bonds. The summed E-state index contributed by atoms with van der Waals surface area (Å²) < 4.78 is 42.3. The number of aromatic nitrogens is 2. The summed E-state index contributed by atoms with van der Waals surface area (Å²) in [5, 5.41) is 8.93. The third-order valence-electron chi connectivity index (χ3n) is 5.81. The van der Waals surface area contributed by atoms with Gasteiger partial charge in [0.15, 0.2) is 11.7 Å². The summed E-state index contributed by atoms with van der Waals surface area (Å²) in [5.41, 5.74) is -0.115. The predicted octanol–water partition coefficient (Wildman–Crippen LogP) is 5.66. The lowest BCUT2D eigenvalue weighted by molar-refractivity contribution is -0.173. The largest absolute Gasteiger partial charge is 0.410 e. The van der Waals surface area contributed by atoms with Gasteiger partial charge in [0.25, 0.3) is 5.91 Å². The Balaban J connectivity index is 1.74. The van der Waals surface area contributed by atoms with Crippen LogP contribution in [0.15, 0.2) is 17.5 Å². The molecule has 4 rings (SSSR count). The first-order valence-corrected chi connectivity index (χ1v) is 10.9. The SMILES string of the molecule is C[C@@H]1CCC[C@H](C)N1C(=O)c1nn2c(c1Cl)N[C@H](c1cccs1)C[C@H]2C(F)(F)F. The molecule has 5 nitrogen and oxygen atoms in total. The number of fused-ring (bicyclic) bond motifs is 1. The molecule has 10 heteroatoms. The number of likely N-dealkylation sites (tertiary alicyclic amines) is 1. The van der Waals surface area contributed by atoms with Gasteiger partial charge in [-0.15, -0.1) is 11.3 Å². The van der Waals surface area contributed by atoms with Crippen molar-refractivity contribution in [2.45, 2.75) is 69.9 Å². The van der Waals surface area contributed by atoms with Crippen molar-refractivity contribution in [2.75, 3.05) is 5.32 Å². The number of anilines is 1. The number of piperidine rings is 1. The van der Waals surface area contributed by atoms with Crippen LogP contribution in [0.25, 0.3) is 0 Å². The smallest absolute Gasteiger partial charge is 0.361 e. The van der Waals surface area contributed by atoms with Crippen LogP contribution in [0.3, 0.4) is 0 Å². The minimum atomic E-state index is -4.51. The molecule has 0 radical (unpaired) electrons. The Morgan fingerprint density at radius 1 is 1.31 bits per heavy atom. The second kappa shape index (κ2) is 7.50. The molecule has 4 heterocycles. The van der Waals surface area contributed by atoms with Gasteiger partial charge < -0.3 is 10.2 Å². The van der Waals surface area contributed by atoms with E-state index >= 15 is 0 Å². The molecule has 1 fully saturated rings. The molecule has 2 aromatic heterocycles. The van der Waals surface area contributed by atoms with E-state index in [0.29, 0.717) is 0 Å². The highest BCUT2D eigenvalue weighted by molar-refractivity contribution is 7.10. The average molecular weight is 447 g/mol. The number of alkyl halides is 3. The fourth-order valence-corrected chi connectivity index (χ4v) is 5.40. The van der Waals surface area contributed by atoms with Crippen LogP contribution in [-0.2, 0) is 0 Å². The Hall–Kier alpha value is -1.74. The van der Waals surface area contributed by atoms with Gasteiger partial charge in [-0.05, 0) is 44.6 Å². The van der Waals surface area contributed by atoms with Crippen molar-refractivity contribution in [2.24, 2.45) is 0 Å². The number of nitrogens with one attached hydrogen (secondary N) is 1. The maximum absolute atomic E-state index is 13.8. The Morgan fingerprint density at radius 3 is 2.59 bits per heavy atom. The molecular weight excluding hydrogens is 425 g/mol. The first-order valence-electron chi connectivity index (χ1n) is 9.65. The Morgan fingerprint density at radius 2 is 2.00 bits per heavy atom. The van der Waals surface area contributed by atoms with Crippen LogP contribution in [0.2, 0.25) is 5.02 Å². The Labute approximate surface area is 175 Å². The predicted molar refractivity (Wildman–Crippen MR) is 107 cm³/mol. The second-order valence-corrected chi connectivity index (χ2v) is 9.16. The van der Waals surface area contributed by atoms with Gasteiger partial charge in [0.2, 0.25) is 0 Å². The van der Waals surface area contributed by atoms with E-state index in [1.807, 2.05) is 19.2 Å². The van der Waals surface area contributed by atoms with Crippen LogP contribution in [0, 0.1) is 0 Å². The normalized spacial score (nSPS) is 27.4. The summed E-state index contributed by atoms with van der Waals surface area (Å²) in [7, 11) is 0. The van der Waals surface area contributed by atoms with Crippen molar-refractivity contribution < 1.29 is 18.0 Å². The first kappa shape index (κ1) is 20.5. The molecule has 2 aliphatic rings. The van der Waals surface area contributed by atoms with E-state index < -0.39 is 24.2 Å². The number of carbonyl (C=O) groups is 1. The number of hydrogen-bond acceptors (Lipinski definition) is 4. The summed E-state index contributed by atoms with van der Waals surface area (Å²) in [6.07, 6.45) is -2.00. The van der Waals surface area contributed by atoms with Gasteiger partial charge in [-0.3, -0.25) is 4.79 Å². The highest BCUT2D eigenvalue weighted by Gasteiger charge is 2.48. The molecule has 0 aliphatic carbocycles. The fourth-order valence-electron chi connectivity index (χ4n) is 4.35. The van der Waals surface area contributed by atoms with Gasteiger partial charge in [-0.1, -0.05) is 17.7 Å². The van der Waals surface area contributed by atoms with E-state index in [4.69, 9.17) is 11.6 Å². The summed E-state index contributed by atoms with van der Waals surface area (Å²) in [6, 6.07) is 1.18. The summed E-state index contributed by atoms with van der Waals surface area (Å²) >= 11 is 7.82. The third kappa shape index (κ3) is 3.63. The lowest BCUT2D eigenvalue weighted by Gasteiger charge is -2.38. The van der Waals surface area contributed by atoms with Crippen LogP contribution < -0.4 is 5.32 Å². The maximum atomic E-state index is 13.8. The van der Waals surface area contributed by atoms with E-state index in [-0.39, 0.29) is 35.0 Å². The van der Waals surface area contributed by atoms with Gasteiger partial charge in [0.1, 0.15) is 10.8 Å². The average Bonchev–Trinajstić information content (AvgIpc) is 3.28. The third-order valence-corrected chi connectivity index (χ3v) is 7.16. The van der Waals surface area contributed by atoms with Crippen LogP contribution >= 0.6 is 22.9 Å². The monoisotopic (exact) mass is 446 g/mol. The zero-order valence-corrected chi connectivity index (χ0v) is 17.6. The van der Waals surface area contributed by atoms with E-state index in [1.54, 1.807) is 17.0 Å². The molecule has 0 bridgehead atoms. The highest BCUT2D eigenvalue weighted by Crippen LogP contribution is 2.47. The molecule has 0 spiro atoms. The summed E-state index contributed by atoms with van der Waals surface area (Å²) in [6.45, 7) is 3.89. The molecule has 2 aromatic rings. The molecule has 29 heavy (non-hydrogen) atoms. The van der Waals surface area contributed by atoms with Crippen LogP contribution in [0.1, 0.15) is 67.0 Å². The molecule has 0 aromatic carbocycles. The number of carbonyl (C=O) groups excluding carboxylic acids is 1. The Kier molecular flexibility index (Phi) is 5.31. The molecule has 158 valence electrons. The van der Waals surface area contributed by atoms with Crippen molar-refractivity contribution in [3.63, 3.8) is 0 Å². The fraction of sp³-hybridized carbons (Fsp3) is 0.579.